The number of halogens is 1. The maximum atomic E-state index is 13.5. The molecule has 10 heteroatoms. The Kier molecular flexibility index (Phi) is 9.29. The van der Waals surface area contributed by atoms with Crippen molar-refractivity contribution in [2.75, 3.05) is 7.11 Å². The second kappa shape index (κ2) is 12.8. The van der Waals surface area contributed by atoms with Gasteiger partial charge in [-0.3, -0.25) is 9.78 Å². The first kappa shape index (κ1) is 28.2. The van der Waals surface area contributed by atoms with Crippen LogP contribution in [0.5, 0.6) is 0 Å². The summed E-state index contributed by atoms with van der Waals surface area (Å²) in [5, 5.41) is 3.19. The van der Waals surface area contributed by atoms with Crippen molar-refractivity contribution >= 4 is 33.5 Å². The van der Waals surface area contributed by atoms with Gasteiger partial charge in [0.25, 0.3) is 5.91 Å². The maximum absolute atomic E-state index is 13.5. The van der Waals surface area contributed by atoms with E-state index in [-0.39, 0.29) is 18.0 Å². The van der Waals surface area contributed by atoms with Gasteiger partial charge < -0.3 is 10.1 Å². The molecule has 0 fully saturated rings. The standard InChI is InChI=1S/C29H28ClN3O5S/c1-38-29(35)27(22-7-3-2-4-8-22)32-28(34)23-12-10-21(11-13-23)19-33(20-25-9-5-6-18-31-25)39(36,37)26-16-14-24(30)15-17-26/h2-3,5-7,9-18,27H,4,8,19-20H2,1H3,(H,32,34)/t27-/m0/s1. The van der Waals surface area contributed by atoms with Crippen molar-refractivity contribution in [1.29, 1.82) is 0 Å². The molecule has 1 aromatic heterocycles. The second-order valence-electron chi connectivity index (χ2n) is 8.88. The Morgan fingerprint density at radius 3 is 2.41 bits per heavy atom. The topological polar surface area (TPSA) is 106 Å². The summed E-state index contributed by atoms with van der Waals surface area (Å²) in [4.78, 5) is 29.7. The van der Waals surface area contributed by atoms with Crippen molar-refractivity contribution in [3.8, 4) is 0 Å². The lowest BCUT2D eigenvalue weighted by Gasteiger charge is -2.23. The summed E-state index contributed by atoms with van der Waals surface area (Å²) < 4.78 is 33.3. The lowest BCUT2D eigenvalue weighted by molar-refractivity contribution is -0.141. The first-order chi connectivity index (χ1) is 18.8. The number of carbonyl (C=O) groups excluding carboxylic acids is 2. The Labute approximate surface area is 233 Å². The zero-order valence-electron chi connectivity index (χ0n) is 21.3. The minimum atomic E-state index is -3.89. The number of methoxy groups -OCH3 is 1. The normalized spacial score (nSPS) is 14.0. The van der Waals surface area contributed by atoms with Crippen molar-refractivity contribution in [3.63, 3.8) is 0 Å². The number of benzene rings is 2. The largest absolute Gasteiger partial charge is 0.467 e. The molecule has 3 aromatic rings. The number of pyridine rings is 1. The number of carbonyl (C=O) groups is 2. The van der Waals surface area contributed by atoms with Crippen molar-refractivity contribution < 1.29 is 22.7 Å². The molecule has 1 amide bonds. The Balaban J connectivity index is 1.54. The quantitative estimate of drug-likeness (QED) is 0.358. The Morgan fingerprint density at radius 2 is 1.79 bits per heavy atom. The van der Waals surface area contributed by atoms with Crippen molar-refractivity contribution in [2.24, 2.45) is 0 Å². The van der Waals surface area contributed by atoms with Crippen LogP contribution in [0.4, 0.5) is 0 Å². The first-order valence-corrected chi connectivity index (χ1v) is 14.1. The van der Waals surface area contributed by atoms with Crippen LogP contribution in [0.3, 0.4) is 0 Å². The molecule has 0 aliphatic heterocycles. The first-order valence-electron chi connectivity index (χ1n) is 12.3. The van der Waals surface area contributed by atoms with E-state index in [1.807, 2.05) is 18.2 Å². The highest BCUT2D eigenvalue weighted by Gasteiger charge is 2.27. The number of allylic oxidation sites excluding steroid dienone is 3. The molecule has 0 saturated carbocycles. The molecule has 0 spiro atoms. The zero-order valence-corrected chi connectivity index (χ0v) is 22.9. The predicted molar refractivity (Wildman–Crippen MR) is 148 cm³/mol. The van der Waals surface area contributed by atoms with Crippen LogP contribution in [0.2, 0.25) is 5.02 Å². The molecule has 39 heavy (non-hydrogen) atoms. The fourth-order valence-electron chi connectivity index (χ4n) is 4.12. The highest BCUT2D eigenvalue weighted by Crippen LogP contribution is 2.23. The van der Waals surface area contributed by atoms with Crippen LogP contribution < -0.4 is 5.32 Å². The molecule has 8 nitrogen and oxygen atoms in total. The molecule has 1 N–H and O–H groups in total. The predicted octanol–water partition coefficient (Wildman–Crippen LogP) is 4.67. The van der Waals surface area contributed by atoms with Gasteiger partial charge in [0.15, 0.2) is 0 Å². The number of hydrogen-bond acceptors (Lipinski definition) is 6. The van der Waals surface area contributed by atoms with Gasteiger partial charge in [-0.2, -0.15) is 4.31 Å². The van der Waals surface area contributed by atoms with Gasteiger partial charge in [-0.05, 0) is 72.5 Å². The molecular formula is C29H28ClN3O5S. The van der Waals surface area contributed by atoms with Crippen molar-refractivity contribution in [1.82, 2.24) is 14.6 Å². The number of sulfonamides is 1. The van der Waals surface area contributed by atoms with Gasteiger partial charge in [0.1, 0.15) is 6.04 Å². The number of nitrogens with zero attached hydrogens (tertiary/aromatic N) is 2. The average molecular weight is 566 g/mol. The minimum absolute atomic E-state index is 0.0490. The van der Waals surface area contributed by atoms with Crippen molar-refractivity contribution in [2.45, 2.75) is 36.9 Å². The molecule has 1 heterocycles. The fourth-order valence-corrected chi connectivity index (χ4v) is 5.64. The van der Waals surface area contributed by atoms with E-state index in [4.69, 9.17) is 16.3 Å². The van der Waals surface area contributed by atoms with Gasteiger partial charge in [0.2, 0.25) is 10.0 Å². The van der Waals surface area contributed by atoms with Crippen LogP contribution in [0.15, 0.2) is 102 Å². The van der Waals surface area contributed by atoms with Crippen LogP contribution in [-0.2, 0) is 32.6 Å². The Hall–Kier alpha value is -3.79. The van der Waals surface area contributed by atoms with Gasteiger partial charge >= 0.3 is 5.97 Å². The fraction of sp³-hybridized carbons (Fsp3) is 0.207. The molecule has 1 atom stereocenters. The van der Waals surface area contributed by atoms with E-state index in [9.17, 15) is 18.0 Å². The number of hydrogen-bond donors (Lipinski definition) is 1. The lowest BCUT2D eigenvalue weighted by atomic mass is 9.97. The van der Waals surface area contributed by atoms with Crippen LogP contribution in [0, 0.1) is 0 Å². The van der Waals surface area contributed by atoms with Crippen LogP contribution in [0.25, 0.3) is 0 Å². The second-order valence-corrected chi connectivity index (χ2v) is 11.3. The number of rotatable bonds is 10. The molecule has 2 aromatic carbocycles. The Bertz CT molecular complexity index is 1470. The SMILES string of the molecule is COC(=O)[C@@H](NC(=O)c1ccc(CN(Cc2ccccn2)S(=O)(=O)c2ccc(Cl)cc2)cc1)C1=CC=CCC1. The number of esters is 1. The average Bonchev–Trinajstić information content (AvgIpc) is 2.96. The Morgan fingerprint density at radius 1 is 1.05 bits per heavy atom. The van der Waals surface area contributed by atoms with E-state index >= 15 is 0 Å². The van der Waals surface area contributed by atoms with E-state index in [2.05, 4.69) is 10.3 Å². The molecule has 1 aliphatic carbocycles. The number of ether oxygens (including phenoxy) is 1. The van der Waals surface area contributed by atoms with Crippen LogP contribution in [0.1, 0.15) is 34.5 Å². The van der Waals surface area contributed by atoms with Gasteiger partial charge in [0, 0.05) is 23.3 Å². The lowest BCUT2D eigenvalue weighted by Crippen LogP contribution is -2.43. The summed E-state index contributed by atoms with van der Waals surface area (Å²) in [7, 11) is -2.61. The molecule has 0 saturated heterocycles. The van der Waals surface area contributed by atoms with Gasteiger partial charge in [0.05, 0.1) is 24.2 Å². The van der Waals surface area contributed by atoms with Crippen LogP contribution in [-0.4, -0.2) is 42.7 Å². The number of aromatic nitrogens is 1. The number of nitrogens with one attached hydrogen (secondary N) is 1. The van der Waals surface area contributed by atoms with Crippen molar-refractivity contribution in [3.05, 3.63) is 119 Å². The van der Waals surface area contributed by atoms with E-state index in [0.717, 1.165) is 12.0 Å². The zero-order chi connectivity index (χ0) is 27.8. The highest BCUT2D eigenvalue weighted by molar-refractivity contribution is 7.89. The van der Waals surface area contributed by atoms with E-state index in [1.165, 1.54) is 35.7 Å². The summed E-state index contributed by atoms with van der Waals surface area (Å²) in [5.74, 6) is -0.981. The van der Waals surface area contributed by atoms with Gasteiger partial charge in [-0.25, -0.2) is 13.2 Å². The third-order valence-corrected chi connectivity index (χ3v) is 8.28. The monoisotopic (exact) mass is 565 g/mol. The molecule has 202 valence electrons. The summed E-state index contributed by atoms with van der Waals surface area (Å²) in [6.45, 7) is 0.103. The van der Waals surface area contributed by atoms with Gasteiger partial charge in [-0.15, -0.1) is 0 Å². The molecule has 1 aliphatic rings. The summed E-state index contributed by atoms with van der Waals surface area (Å²) in [6, 6.07) is 17.0. The third-order valence-electron chi connectivity index (χ3n) is 6.22. The molecular weight excluding hydrogens is 538 g/mol. The van der Waals surface area contributed by atoms with E-state index < -0.39 is 27.9 Å². The highest BCUT2D eigenvalue weighted by atomic mass is 35.5. The van der Waals surface area contributed by atoms with Gasteiger partial charge in [-0.1, -0.05) is 48.0 Å². The van der Waals surface area contributed by atoms with E-state index in [1.54, 1.807) is 48.7 Å². The third kappa shape index (κ3) is 7.20. The molecule has 0 unspecified atom stereocenters. The minimum Gasteiger partial charge on any atom is -0.467 e. The van der Waals surface area contributed by atoms with Crippen LogP contribution >= 0.6 is 11.6 Å². The summed E-state index contributed by atoms with van der Waals surface area (Å²) in [5.41, 5.74) is 2.36. The smallest absolute Gasteiger partial charge is 0.332 e. The maximum Gasteiger partial charge on any atom is 0.332 e. The summed E-state index contributed by atoms with van der Waals surface area (Å²) in [6.07, 6.45) is 8.68. The molecule has 4 rings (SSSR count). The molecule has 0 bridgehead atoms. The number of amides is 1. The van der Waals surface area contributed by atoms with E-state index in [0.29, 0.717) is 28.3 Å². The summed E-state index contributed by atoms with van der Waals surface area (Å²) >= 11 is 5.96. The molecule has 0 radical (unpaired) electrons.